The molecule has 5 rings (SSSR count). The highest BCUT2D eigenvalue weighted by molar-refractivity contribution is 6.30. The topological polar surface area (TPSA) is 71.3 Å². The molecule has 6 nitrogen and oxygen atoms in total. The minimum absolute atomic E-state index is 0.209. The van der Waals surface area contributed by atoms with Crippen LogP contribution >= 0.6 is 11.6 Å². The molecule has 1 aromatic heterocycles. The molecule has 3 aromatic carbocycles. The molecule has 176 valence electrons. The third kappa shape index (κ3) is 4.45. The number of allylic oxidation sites excluding steroid dienone is 1. The molecule has 1 atom stereocenters. The lowest BCUT2D eigenvalue weighted by atomic mass is 9.93. The number of nitrogens with zero attached hydrogens (tertiary/aromatic N) is 3. The maximum Gasteiger partial charge on any atom is 0.326 e. The van der Waals surface area contributed by atoms with Crippen LogP contribution in [0.5, 0.6) is 0 Å². The Morgan fingerprint density at radius 1 is 1.03 bits per heavy atom. The van der Waals surface area contributed by atoms with Crippen LogP contribution in [0.15, 0.2) is 83.0 Å². The van der Waals surface area contributed by atoms with Gasteiger partial charge in [-0.3, -0.25) is 4.90 Å². The van der Waals surface area contributed by atoms with Crippen LogP contribution in [0.1, 0.15) is 42.5 Å². The monoisotopic (exact) mass is 484 g/mol. The Morgan fingerprint density at radius 3 is 2.46 bits per heavy atom. The van der Waals surface area contributed by atoms with Crippen LogP contribution in [0.25, 0.3) is 17.0 Å². The van der Waals surface area contributed by atoms with Gasteiger partial charge in [0.15, 0.2) is 0 Å². The Morgan fingerprint density at radius 2 is 1.77 bits per heavy atom. The number of hydrogen-bond donors (Lipinski definition) is 1. The predicted molar refractivity (Wildman–Crippen MR) is 138 cm³/mol. The van der Waals surface area contributed by atoms with Crippen molar-refractivity contribution in [2.75, 3.05) is 4.90 Å². The van der Waals surface area contributed by atoms with E-state index >= 15 is 0 Å². The van der Waals surface area contributed by atoms with E-state index in [1.165, 1.54) is 5.56 Å². The van der Waals surface area contributed by atoms with Crippen molar-refractivity contribution < 1.29 is 9.32 Å². The molecule has 35 heavy (non-hydrogen) atoms. The summed E-state index contributed by atoms with van der Waals surface area (Å²) in [4.78, 5) is 19.7. The SMILES string of the molecule is CCc1ccc(C2NC(=O)N(c3cccc(C)c3)C(C)=C2c2nc(-c3ccc(Cl)cc3)no2)cc1. The fourth-order valence-corrected chi connectivity index (χ4v) is 4.47. The zero-order valence-corrected chi connectivity index (χ0v) is 20.5. The van der Waals surface area contributed by atoms with Crippen LogP contribution in [0.2, 0.25) is 5.02 Å². The van der Waals surface area contributed by atoms with Crippen LogP contribution < -0.4 is 10.2 Å². The number of urea groups is 1. The maximum atomic E-state index is 13.4. The first-order valence-corrected chi connectivity index (χ1v) is 11.9. The smallest absolute Gasteiger partial charge is 0.326 e. The Kier molecular flexibility index (Phi) is 6.14. The Labute approximate surface area is 209 Å². The lowest BCUT2D eigenvalue weighted by Gasteiger charge is -2.35. The molecule has 0 radical (unpaired) electrons. The van der Waals surface area contributed by atoms with Crippen molar-refractivity contribution in [3.8, 4) is 11.4 Å². The summed E-state index contributed by atoms with van der Waals surface area (Å²) in [5.41, 5.74) is 6.28. The van der Waals surface area contributed by atoms with E-state index in [-0.39, 0.29) is 6.03 Å². The Balaban J connectivity index is 1.64. The summed E-state index contributed by atoms with van der Waals surface area (Å²) < 4.78 is 5.77. The predicted octanol–water partition coefficient (Wildman–Crippen LogP) is 6.96. The first kappa shape index (κ1) is 22.9. The van der Waals surface area contributed by atoms with E-state index in [1.807, 2.05) is 62.4 Å². The summed E-state index contributed by atoms with van der Waals surface area (Å²) in [6.07, 6.45) is 0.939. The summed E-state index contributed by atoms with van der Waals surface area (Å²) in [6.45, 7) is 6.03. The number of benzene rings is 3. The van der Waals surface area contributed by atoms with E-state index in [2.05, 4.69) is 29.5 Å². The number of halogens is 1. The summed E-state index contributed by atoms with van der Waals surface area (Å²) in [6, 6.07) is 22.7. The highest BCUT2D eigenvalue weighted by Gasteiger charge is 2.36. The number of aryl methyl sites for hydroxylation is 2. The van der Waals surface area contributed by atoms with Gasteiger partial charge in [-0.25, -0.2) is 4.79 Å². The number of aromatic nitrogens is 2. The van der Waals surface area contributed by atoms with E-state index in [0.717, 1.165) is 40.1 Å². The maximum absolute atomic E-state index is 13.4. The van der Waals surface area contributed by atoms with Crippen LogP contribution in [0, 0.1) is 6.92 Å². The normalized spacial score (nSPS) is 15.9. The molecule has 0 fully saturated rings. The molecule has 1 unspecified atom stereocenters. The summed E-state index contributed by atoms with van der Waals surface area (Å²) in [5, 5.41) is 8.01. The van der Waals surface area contributed by atoms with Crippen LogP contribution in [0.4, 0.5) is 10.5 Å². The first-order chi connectivity index (χ1) is 16.9. The molecule has 4 aromatic rings. The van der Waals surface area contributed by atoms with Gasteiger partial charge in [0.2, 0.25) is 5.82 Å². The highest BCUT2D eigenvalue weighted by Crippen LogP contribution is 2.39. The molecule has 1 aliphatic rings. The van der Waals surface area contributed by atoms with Crippen molar-refractivity contribution >= 4 is 28.9 Å². The number of amides is 2. The summed E-state index contributed by atoms with van der Waals surface area (Å²) in [7, 11) is 0. The lowest BCUT2D eigenvalue weighted by molar-refractivity contribution is 0.244. The number of hydrogen-bond acceptors (Lipinski definition) is 4. The van der Waals surface area contributed by atoms with Gasteiger partial charge >= 0.3 is 6.03 Å². The minimum Gasteiger partial charge on any atom is -0.334 e. The van der Waals surface area contributed by atoms with Gasteiger partial charge in [0.05, 0.1) is 17.3 Å². The number of anilines is 1. The largest absolute Gasteiger partial charge is 0.334 e. The van der Waals surface area contributed by atoms with Crippen molar-refractivity contribution in [2.45, 2.75) is 33.2 Å². The van der Waals surface area contributed by atoms with Crippen LogP contribution in [-0.4, -0.2) is 16.2 Å². The minimum atomic E-state index is -0.437. The van der Waals surface area contributed by atoms with Crippen molar-refractivity contribution in [1.82, 2.24) is 15.5 Å². The van der Waals surface area contributed by atoms with E-state index < -0.39 is 6.04 Å². The van der Waals surface area contributed by atoms with Gasteiger partial charge in [-0.05, 0) is 73.4 Å². The molecule has 2 amide bonds. The second kappa shape index (κ2) is 9.39. The Bertz CT molecular complexity index is 1410. The molecule has 0 saturated carbocycles. The molecular weight excluding hydrogens is 460 g/mol. The zero-order valence-electron chi connectivity index (χ0n) is 19.7. The lowest BCUT2D eigenvalue weighted by Crippen LogP contribution is -2.46. The standard InChI is InChI=1S/C28H25ClN4O2/c1-4-19-8-10-20(11-9-19)25-24(27-31-26(32-35-27)21-12-14-22(29)15-13-21)18(3)33(28(34)30-25)23-7-5-6-17(2)16-23/h5-16,25H,4H2,1-3H3,(H,30,34). The van der Waals surface area contributed by atoms with Gasteiger partial charge in [-0.2, -0.15) is 4.98 Å². The number of carbonyl (C=O) groups excluding carboxylic acids is 1. The fraction of sp³-hybridized carbons (Fsp3) is 0.179. The third-order valence-electron chi connectivity index (χ3n) is 6.22. The molecule has 2 heterocycles. The van der Waals surface area contributed by atoms with Crippen molar-refractivity contribution in [3.63, 3.8) is 0 Å². The second-order valence-electron chi connectivity index (χ2n) is 8.58. The van der Waals surface area contributed by atoms with Gasteiger partial charge in [0.1, 0.15) is 0 Å². The number of nitrogens with one attached hydrogen (secondary N) is 1. The average molecular weight is 485 g/mol. The molecule has 1 N–H and O–H groups in total. The molecule has 1 aliphatic heterocycles. The van der Waals surface area contributed by atoms with Crippen LogP contribution in [-0.2, 0) is 6.42 Å². The van der Waals surface area contributed by atoms with E-state index in [1.54, 1.807) is 17.0 Å². The molecule has 0 saturated heterocycles. The molecule has 0 bridgehead atoms. The zero-order chi connectivity index (χ0) is 24.5. The van der Waals surface area contributed by atoms with Gasteiger partial charge in [-0.15, -0.1) is 0 Å². The number of carbonyl (C=O) groups is 1. The van der Waals surface area contributed by atoms with Gasteiger partial charge in [0, 0.05) is 16.3 Å². The van der Waals surface area contributed by atoms with Crippen molar-refractivity contribution in [2.24, 2.45) is 0 Å². The van der Waals surface area contributed by atoms with E-state index in [4.69, 9.17) is 21.1 Å². The summed E-state index contributed by atoms with van der Waals surface area (Å²) in [5.74, 6) is 0.811. The molecular formula is C28H25ClN4O2. The fourth-order valence-electron chi connectivity index (χ4n) is 4.34. The number of rotatable bonds is 5. The van der Waals surface area contributed by atoms with Gasteiger partial charge < -0.3 is 9.84 Å². The molecule has 0 spiro atoms. The van der Waals surface area contributed by atoms with Crippen LogP contribution in [0.3, 0.4) is 0 Å². The van der Waals surface area contributed by atoms with Gasteiger partial charge in [0.25, 0.3) is 5.89 Å². The highest BCUT2D eigenvalue weighted by atomic mass is 35.5. The molecule has 7 heteroatoms. The average Bonchev–Trinajstić information content (AvgIpc) is 3.34. The van der Waals surface area contributed by atoms with Crippen molar-refractivity contribution in [3.05, 3.63) is 106 Å². The quantitative estimate of drug-likeness (QED) is 0.332. The van der Waals surface area contributed by atoms with E-state index in [0.29, 0.717) is 16.7 Å². The van der Waals surface area contributed by atoms with Gasteiger partial charge in [-0.1, -0.05) is 60.1 Å². The Hall–Kier alpha value is -3.90. The van der Waals surface area contributed by atoms with Crippen molar-refractivity contribution in [1.29, 1.82) is 0 Å². The molecule has 0 aliphatic carbocycles. The first-order valence-electron chi connectivity index (χ1n) is 11.5. The van der Waals surface area contributed by atoms with E-state index in [9.17, 15) is 4.79 Å². The third-order valence-corrected chi connectivity index (χ3v) is 6.48. The summed E-state index contributed by atoms with van der Waals surface area (Å²) >= 11 is 6.04. The second-order valence-corrected chi connectivity index (χ2v) is 9.02.